The maximum absolute atomic E-state index is 5.25. The molecule has 1 aromatic heterocycles. The summed E-state index contributed by atoms with van der Waals surface area (Å²) in [5.41, 5.74) is 0. The van der Waals surface area contributed by atoms with Crippen molar-refractivity contribution in [2.45, 2.75) is 39.8 Å². The van der Waals surface area contributed by atoms with Crippen molar-refractivity contribution >= 4 is 0 Å². The Hall–Kier alpha value is -1.01. The molecule has 0 saturated heterocycles. The Kier molecular flexibility index (Phi) is 5.50. The van der Waals surface area contributed by atoms with E-state index < -0.39 is 0 Å². The Bertz CT molecular complexity index is 325. The lowest BCUT2D eigenvalue weighted by Crippen LogP contribution is -2.28. The van der Waals surface area contributed by atoms with Gasteiger partial charge in [0.05, 0.1) is 18.7 Å². The lowest BCUT2D eigenvalue weighted by atomic mass is 10.1. The highest BCUT2D eigenvalue weighted by molar-refractivity contribution is 4.92. The minimum Gasteiger partial charge on any atom is -0.382 e. The summed E-state index contributed by atoms with van der Waals surface area (Å²) in [5.74, 6) is 1.29. The van der Waals surface area contributed by atoms with Crippen LogP contribution in [0.4, 0.5) is 0 Å². The molecule has 1 N–H and O–H groups in total. The van der Waals surface area contributed by atoms with Crippen LogP contribution in [-0.4, -0.2) is 40.5 Å². The molecule has 0 bridgehead atoms. The standard InChI is InChI=1S/C11H23N5O/c1-6-12-9(4)11-13-14-15-16(11)10(7-17-5)8(2)3/h8-10,12H,6-7H2,1-5H3. The third-order valence-electron chi connectivity index (χ3n) is 2.84. The normalized spacial score (nSPS) is 15.2. The smallest absolute Gasteiger partial charge is 0.168 e. The van der Waals surface area contributed by atoms with Gasteiger partial charge in [-0.15, -0.1) is 5.10 Å². The van der Waals surface area contributed by atoms with Gasteiger partial charge in [0.2, 0.25) is 0 Å². The predicted molar refractivity (Wildman–Crippen MR) is 65.7 cm³/mol. The fraction of sp³-hybridized carbons (Fsp3) is 0.909. The van der Waals surface area contributed by atoms with Crippen molar-refractivity contribution in [1.82, 2.24) is 25.5 Å². The number of nitrogens with one attached hydrogen (secondary N) is 1. The molecule has 0 aliphatic rings. The first-order valence-corrected chi connectivity index (χ1v) is 6.11. The topological polar surface area (TPSA) is 64.9 Å². The van der Waals surface area contributed by atoms with Crippen molar-refractivity contribution in [1.29, 1.82) is 0 Å². The molecule has 0 aromatic carbocycles. The van der Waals surface area contributed by atoms with E-state index in [-0.39, 0.29) is 12.1 Å². The number of hydrogen-bond donors (Lipinski definition) is 1. The lowest BCUT2D eigenvalue weighted by molar-refractivity contribution is 0.122. The minimum atomic E-state index is 0.146. The Morgan fingerprint density at radius 2 is 2.06 bits per heavy atom. The molecule has 0 saturated carbocycles. The summed E-state index contributed by atoms with van der Waals surface area (Å²) < 4.78 is 7.12. The van der Waals surface area contributed by atoms with Gasteiger partial charge < -0.3 is 10.1 Å². The Labute approximate surface area is 103 Å². The molecule has 0 fully saturated rings. The van der Waals surface area contributed by atoms with E-state index in [0.29, 0.717) is 12.5 Å². The molecule has 1 aromatic rings. The van der Waals surface area contributed by atoms with Crippen LogP contribution in [0.5, 0.6) is 0 Å². The van der Waals surface area contributed by atoms with Crippen LogP contribution in [-0.2, 0) is 4.74 Å². The number of hydrogen-bond acceptors (Lipinski definition) is 5. The third kappa shape index (κ3) is 3.47. The van der Waals surface area contributed by atoms with Gasteiger partial charge in [-0.2, -0.15) is 0 Å². The van der Waals surface area contributed by atoms with Crippen LogP contribution >= 0.6 is 0 Å². The van der Waals surface area contributed by atoms with E-state index in [0.717, 1.165) is 12.4 Å². The molecule has 17 heavy (non-hydrogen) atoms. The van der Waals surface area contributed by atoms with Gasteiger partial charge in [-0.3, -0.25) is 0 Å². The summed E-state index contributed by atoms with van der Waals surface area (Å²) in [6.07, 6.45) is 0. The van der Waals surface area contributed by atoms with Crippen molar-refractivity contribution < 1.29 is 4.74 Å². The summed E-state index contributed by atoms with van der Waals surface area (Å²) in [5, 5.41) is 15.3. The molecule has 0 amide bonds. The highest BCUT2D eigenvalue weighted by Crippen LogP contribution is 2.20. The van der Waals surface area contributed by atoms with Gasteiger partial charge in [-0.25, -0.2) is 4.68 Å². The van der Waals surface area contributed by atoms with Gasteiger partial charge in [-0.05, 0) is 29.8 Å². The molecule has 0 spiro atoms. The first kappa shape index (κ1) is 14.1. The van der Waals surface area contributed by atoms with Crippen LogP contribution in [0.25, 0.3) is 0 Å². The zero-order valence-electron chi connectivity index (χ0n) is 11.3. The Morgan fingerprint density at radius 3 is 2.59 bits per heavy atom. The molecule has 1 rings (SSSR count). The summed E-state index contributed by atoms with van der Waals surface area (Å²) in [7, 11) is 1.70. The van der Waals surface area contributed by atoms with Crippen molar-refractivity contribution in [2.75, 3.05) is 20.3 Å². The second kappa shape index (κ2) is 6.66. The Balaban J connectivity index is 2.91. The summed E-state index contributed by atoms with van der Waals surface area (Å²) in [6, 6.07) is 0.319. The van der Waals surface area contributed by atoms with Crippen molar-refractivity contribution in [3.8, 4) is 0 Å². The molecule has 6 nitrogen and oxygen atoms in total. The van der Waals surface area contributed by atoms with Crippen molar-refractivity contribution in [3.05, 3.63) is 5.82 Å². The average molecular weight is 241 g/mol. The monoisotopic (exact) mass is 241 g/mol. The first-order chi connectivity index (χ1) is 8.11. The molecule has 0 aliphatic heterocycles. The number of aromatic nitrogens is 4. The quantitative estimate of drug-likeness (QED) is 0.776. The summed E-state index contributed by atoms with van der Waals surface area (Å²) >= 11 is 0. The van der Waals surface area contributed by atoms with E-state index in [1.807, 2.05) is 4.68 Å². The van der Waals surface area contributed by atoms with E-state index in [1.165, 1.54) is 0 Å². The number of methoxy groups -OCH3 is 1. The molecule has 1 heterocycles. The molecule has 0 radical (unpaired) electrons. The van der Waals surface area contributed by atoms with E-state index >= 15 is 0 Å². The number of ether oxygens (including phenoxy) is 1. The van der Waals surface area contributed by atoms with Crippen LogP contribution in [0.3, 0.4) is 0 Å². The fourth-order valence-electron chi connectivity index (χ4n) is 1.84. The van der Waals surface area contributed by atoms with Gasteiger partial charge in [0.15, 0.2) is 5.82 Å². The van der Waals surface area contributed by atoms with Crippen molar-refractivity contribution in [3.63, 3.8) is 0 Å². The third-order valence-corrected chi connectivity index (χ3v) is 2.84. The Morgan fingerprint density at radius 1 is 1.35 bits per heavy atom. The zero-order valence-corrected chi connectivity index (χ0v) is 11.3. The van der Waals surface area contributed by atoms with Crippen LogP contribution < -0.4 is 5.32 Å². The lowest BCUT2D eigenvalue weighted by Gasteiger charge is -2.22. The predicted octanol–water partition coefficient (Wildman–Crippen LogP) is 1.19. The zero-order chi connectivity index (χ0) is 12.8. The highest BCUT2D eigenvalue weighted by Gasteiger charge is 2.23. The summed E-state index contributed by atoms with van der Waals surface area (Å²) in [6.45, 7) is 9.94. The largest absolute Gasteiger partial charge is 0.382 e. The van der Waals surface area contributed by atoms with Gasteiger partial charge in [0.25, 0.3) is 0 Å². The first-order valence-electron chi connectivity index (χ1n) is 6.11. The maximum Gasteiger partial charge on any atom is 0.168 e. The van der Waals surface area contributed by atoms with Gasteiger partial charge in [0.1, 0.15) is 0 Å². The minimum absolute atomic E-state index is 0.146. The molecule has 0 aliphatic carbocycles. The van der Waals surface area contributed by atoms with Crippen LogP contribution in [0.1, 0.15) is 45.6 Å². The molecular weight excluding hydrogens is 218 g/mol. The van der Waals surface area contributed by atoms with Crippen molar-refractivity contribution in [2.24, 2.45) is 5.92 Å². The molecule has 98 valence electrons. The van der Waals surface area contributed by atoms with E-state index in [4.69, 9.17) is 4.74 Å². The summed E-state index contributed by atoms with van der Waals surface area (Å²) in [4.78, 5) is 0. The van der Waals surface area contributed by atoms with E-state index in [2.05, 4.69) is 48.5 Å². The molecule has 2 atom stereocenters. The maximum atomic E-state index is 5.25. The van der Waals surface area contributed by atoms with E-state index in [1.54, 1.807) is 7.11 Å². The van der Waals surface area contributed by atoms with Gasteiger partial charge in [-0.1, -0.05) is 20.8 Å². The van der Waals surface area contributed by atoms with Gasteiger partial charge >= 0.3 is 0 Å². The highest BCUT2D eigenvalue weighted by atomic mass is 16.5. The van der Waals surface area contributed by atoms with Crippen LogP contribution in [0, 0.1) is 5.92 Å². The van der Waals surface area contributed by atoms with Crippen LogP contribution in [0.2, 0.25) is 0 Å². The van der Waals surface area contributed by atoms with Gasteiger partial charge in [0, 0.05) is 7.11 Å². The number of nitrogens with zero attached hydrogens (tertiary/aromatic N) is 4. The SMILES string of the molecule is CCNC(C)c1nnnn1C(COC)C(C)C. The van der Waals surface area contributed by atoms with Crippen LogP contribution in [0.15, 0.2) is 0 Å². The second-order valence-electron chi connectivity index (χ2n) is 4.53. The molecular formula is C11H23N5O. The van der Waals surface area contributed by atoms with E-state index in [9.17, 15) is 0 Å². The second-order valence-corrected chi connectivity index (χ2v) is 4.53. The fourth-order valence-corrected chi connectivity index (χ4v) is 1.84. The number of rotatable bonds is 7. The molecule has 6 heteroatoms. The molecule has 2 unspecified atom stereocenters. The average Bonchev–Trinajstić information content (AvgIpc) is 2.74. The number of tetrazole rings is 1.